The van der Waals surface area contributed by atoms with Crippen molar-refractivity contribution in [3.05, 3.63) is 0 Å². The Bertz CT molecular complexity index is 231. The second kappa shape index (κ2) is 5.64. The minimum Gasteiger partial charge on any atom is -0.465 e. The van der Waals surface area contributed by atoms with Crippen molar-refractivity contribution in [2.24, 2.45) is 0 Å². The van der Waals surface area contributed by atoms with Crippen LogP contribution in [0.4, 0.5) is 0 Å². The molecule has 16 heavy (non-hydrogen) atoms. The zero-order valence-corrected chi connectivity index (χ0v) is 10.5. The molecule has 0 aromatic carbocycles. The summed E-state index contributed by atoms with van der Waals surface area (Å²) in [6.07, 6.45) is 3.00. The summed E-state index contributed by atoms with van der Waals surface area (Å²) in [6.45, 7) is 6.95. The maximum absolute atomic E-state index is 11.4. The van der Waals surface area contributed by atoms with Crippen LogP contribution in [0.1, 0.15) is 40.0 Å². The molecule has 1 saturated carbocycles. The average Bonchev–Trinajstić information content (AvgIpc) is 2.94. The highest BCUT2D eigenvalue weighted by molar-refractivity contribution is 5.71. The Morgan fingerprint density at radius 1 is 1.50 bits per heavy atom. The number of ether oxygens (including phenoxy) is 1. The Hall–Kier alpha value is -0.610. The summed E-state index contributed by atoms with van der Waals surface area (Å²) >= 11 is 0. The van der Waals surface area contributed by atoms with E-state index in [-0.39, 0.29) is 5.97 Å². The fourth-order valence-corrected chi connectivity index (χ4v) is 1.62. The molecule has 0 bridgehead atoms. The third kappa shape index (κ3) is 5.47. The molecule has 0 amide bonds. The number of rotatable bonds is 7. The van der Waals surface area contributed by atoms with Crippen molar-refractivity contribution in [1.29, 1.82) is 0 Å². The first kappa shape index (κ1) is 13.5. The highest BCUT2D eigenvalue weighted by atomic mass is 16.5. The van der Waals surface area contributed by atoms with Crippen LogP contribution in [0.3, 0.4) is 0 Å². The van der Waals surface area contributed by atoms with Crippen molar-refractivity contribution in [1.82, 2.24) is 4.90 Å². The summed E-state index contributed by atoms with van der Waals surface area (Å²) in [5.41, 5.74) is -0.665. The second-order valence-electron chi connectivity index (χ2n) is 5.07. The standard InChI is InChI=1S/C12H23NO3/c1-4-16-11(14)9-13(10-5-6-10)8-7-12(2,3)15/h10,15H,4-9H2,1-3H3. The van der Waals surface area contributed by atoms with E-state index in [0.717, 1.165) is 19.4 Å². The number of carbonyl (C=O) groups excluding carboxylic acids is 1. The van der Waals surface area contributed by atoms with Crippen molar-refractivity contribution in [2.45, 2.75) is 51.7 Å². The first-order chi connectivity index (χ1) is 7.42. The van der Waals surface area contributed by atoms with E-state index in [4.69, 9.17) is 4.74 Å². The summed E-state index contributed by atoms with van der Waals surface area (Å²) in [5.74, 6) is -0.162. The SMILES string of the molecule is CCOC(=O)CN(CCC(C)(C)O)C1CC1. The van der Waals surface area contributed by atoms with E-state index < -0.39 is 5.60 Å². The first-order valence-electron chi connectivity index (χ1n) is 6.04. The Kier molecular flexibility index (Phi) is 4.74. The smallest absolute Gasteiger partial charge is 0.320 e. The van der Waals surface area contributed by atoms with E-state index in [9.17, 15) is 9.90 Å². The van der Waals surface area contributed by atoms with Gasteiger partial charge in [-0.05, 0) is 40.0 Å². The molecule has 0 heterocycles. The van der Waals surface area contributed by atoms with Crippen LogP contribution >= 0.6 is 0 Å². The lowest BCUT2D eigenvalue weighted by Gasteiger charge is -2.25. The van der Waals surface area contributed by atoms with Gasteiger partial charge in [-0.25, -0.2) is 0 Å². The zero-order chi connectivity index (χ0) is 12.2. The van der Waals surface area contributed by atoms with Crippen molar-refractivity contribution < 1.29 is 14.6 Å². The number of hydrogen-bond acceptors (Lipinski definition) is 4. The van der Waals surface area contributed by atoms with Gasteiger partial charge in [-0.2, -0.15) is 0 Å². The van der Waals surface area contributed by atoms with Crippen LogP contribution in [-0.4, -0.2) is 47.3 Å². The molecule has 0 atom stereocenters. The van der Waals surface area contributed by atoms with Gasteiger partial charge in [0, 0.05) is 12.6 Å². The third-order valence-electron chi connectivity index (χ3n) is 2.71. The molecular weight excluding hydrogens is 206 g/mol. The molecule has 4 heteroatoms. The van der Waals surface area contributed by atoms with Crippen molar-refractivity contribution in [3.8, 4) is 0 Å². The predicted molar refractivity (Wildman–Crippen MR) is 62.1 cm³/mol. The highest BCUT2D eigenvalue weighted by Gasteiger charge is 2.31. The molecule has 1 N–H and O–H groups in total. The molecule has 0 saturated heterocycles. The van der Waals surface area contributed by atoms with E-state index in [1.165, 1.54) is 0 Å². The molecule has 0 aliphatic heterocycles. The van der Waals surface area contributed by atoms with Crippen molar-refractivity contribution in [2.75, 3.05) is 19.7 Å². The molecule has 0 aromatic rings. The third-order valence-corrected chi connectivity index (χ3v) is 2.71. The van der Waals surface area contributed by atoms with E-state index in [1.54, 1.807) is 13.8 Å². The lowest BCUT2D eigenvalue weighted by molar-refractivity contribution is -0.144. The van der Waals surface area contributed by atoms with Crippen LogP contribution in [0, 0.1) is 0 Å². The minimum absolute atomic E-state index is 0.162. The van der Waals surface area contributed by atoms with Gasteiger partial charge in [0.05, 0.1) is 18.8 Å². The van der Waals surface area contributed by atoms with Gasteiger partial charge in [-0.15, -0.1) is 0 Å². The van der Waals surface area contributed by atoms with Gasteiger partial charge < -0.3 is 9.84 Å². The Morgan fingerprint density at radius 3 is 2.56 bits per heavy atom. The van der Waals surface area contributed by atoms with Gasteiger partial charge in [-0.3, -0.25) is 9.69 Å². The summed E-state index contributed by atoms with van der Waals surface area (Å²) in [7, 11) is 0. The normalized spacial score (nSPS) is 16.6. The average molecular weight is 229 g/mol. The fraction of sp³-hybridized carbons (Fsp3) is 0.917. The quantitative estimate of drug-likeness (QED) is 0.666. The van der Waals surface area contributed by atoms with E-state index in [2.05, 4.69) is 4.90 Å². The first-order valence-corrected chi connectivity index (χ1v) is 6.04. The molecule has 94 valence electrons. The van der Waals surface area contributed by atoms with Crippen LogP contribution in [0.15, 0.2) is 0 Å². The maximum atomic E-state index is 11.4. The monoisotopic (exact) mass is 229 g/mol. The minimum atomic E-state index is -0.665. The number of nitrogens with zero attached hydrogens (tertiary/aromatic N) is 1. The number of hydrogen-bond donors (Lipinski definition) is 1. The molecule has 1 aliphatic carbocycles. The highest BCUT2D eigenvalue weighted by Crippen LogP contribution is 2.27. The Balaban J connectivity index is 2.33. The maximum Gasteiger partial charge on any atom is 0.320 e. The van der Waals surface area contributed by atoms with Gasteiger partial charge in [0.15, 0.2) is 0 Å². The number of esters is 1. The van der Waals surface area contributed by atoms with Gasteiger partial charge in [0.2, 0.25) is 0 Å². The van der Waals surface area contributed by atoms with E-state index >= 15 is 0 Å². The molecule has 0 unspecified atom stereocenters. The van der Waals surface area contributed by atoms with Gasteiger partial charge in [-0.1, -0.05) is 0 Å². The molecule has 0 aromatic heterocycles. The predicted octanol–water partition coefficient (Wildman–Crippen LogP) is 1.17. The van der Waals surface area contributed by atoms with Gasteiger partial charge >= 0.3 is 5.97 Å². The molecule has 0 spiro atoms. The van der Waals surface area contributed by atoms with Gasteiger partial charge in [0.25, 0.3) is 0 Å². The summed E-state index contributed by atoms with van der Waals surface area (Å²) in [4.78, 5) is 13.5. The summed E-state index contributed by atoms with van der Waals surface area (Å²) < 4.78 is 4.94. The molecular formula is C12H23NO3. The Morgan fingerprint density at radius 2 is 2.12 bits per heavy atom. The van der Waals surface area contributed by atoms with E-state index in [1.807, 2.05) is 6.92 Å². The largest absolute Gasteiger partial charge is 0.465 e. The molecule has 1 aliphatic rings. The van der Waals surface area contributed by atoms with Crippen LogP contribution < -0.4 is 0 Å². The fourth-order valence-electron chi connectivity index (χ4n) is 1.62. The van der Waals surface area contributed by atoms with Crippen LogP contribution in [-0.2, 0) is 9.53 Å². The van der Waals surface area contributed by atoms with Crippen molar-refractivity contribution in [3.63, 3.8) is 0 Å². The van der Waals surface area contributed by atoms with Crippen LogP contribution in [0.2, 0.25) is 0 Å². The molecule has 4 nitrogen and oxygen atoms in total. The summed E-state index contributed by atoms with van der Waals surface area (Å²) in [6, 6.07) is 0.520. The topological polar surface area (TPSA) is 49.8 Å². The lowest BCUT2D eigenvalue weighted by Crippen LogP contribution is -2.36. The van der Waals surface area contributed by atoms with Crippen LogP contribution in [0.25, 0.3) is 0 Å². The van der Waals surface area contributed by atoms with Crippen molar-refractivity contribution >= 4 is 5.97 Å². The second-order valence-corrected chi connectivity index (χ2v) is 5.07. The van der Waals surface area contributed by atoms with Gasteiger partial charge in [0.1, 0.15) is 0 Å². The molecule has 1 fully saturated rings. The Labute approximate surface area is 97.6 Å². The molecule has 0 radical (unpaired) electrons. The molecule has 1 rings (SSSR count). The summed E-state index contributed by atoms with van der Waals surface area (Å²) in [5, 5.41) is 9.66. The van der Waals surface area contributed by atoms with Crippen LogP contribution in [0.5, 0.6) is 0 Å². The lowest BCUT2D eigenvalue weighted by atomic mass is 10.1. The van der Waals surface area contributed by atoms with E-state index in [0.29, 0.717) is 25.6 Å². The number of carbonyl (C=O) groups is 1. The zero-order valence-electron chi connectivity index (χ0n) is 10.5. The number of aliphatic hydroxyl groups is 1.